The van der Waals surface area contributed by atoms with Crippen LogP contribution in [-0.2, 0) is 0 Å². The van der Waals surface area contributed by atoms with E-state index < -0.39 is 0 Å². The van der Waals surface area contributed by atoms with Crippen LogP contribution >= 0.6 is 12.2 Å². The number of fused-ring (bicyclic) bond motifs is 1. The highest BCUT2D eigenvalue weighted by Crippen LogP contribution is 2.58. The zero-order valence-corrected chi connectivity index (χ0v) is 9.97. The molecule has 0 aromatic rings. The summed E-state index contributed by atoms with van der Waals surface area (Å²) in [5.41, 5.74) is 9.66. The fourth-order valence-electron chi connectivity index (χ4n) is 2.72. The maximum absolute atomic E-state index is 5.29. The highest BCUT2D eigenvalue weighted by molar-refractivity contribution is 7.80. The van der Waals surface area contributed by atoms with Gasteiger partial charge < -0.3 is 5.73 Å². The summed E-state index contributed by atoms with van der Waals surface area (Å²) in [4.78, 5) is 0. The molecule has 0 heterocycles. The molecule has 0 aromatic heterocycles. The van der Waals surface area contributed by atoms with Gasteiger partial charge in [-0.15, -0.1) is 0 Å². The SMILES string of the molecule is CC1(C)[C@@H]2CC=C(/C=N\NC(N)=S)[C@H]1C2. The molecule has 4 heteroatoms. The average Bonchev–Trinajstić information content (AvgIpc) is 2.17. The van der Waals surface area contributed by atoms with Gasteiger partial charge in [0.2, 0.25) is 0 Å². The zero-order valence-electron chi connectivity index (χ0n) is 9.16. The van der Waals surface area contributed by atoms with Crippen molar-refractivity contribution in [1.29, 1.82) is 0 Å². The summed E-state index contributed by atoms with van der Waals surface area (Å²) in [5, 5.41) is 4.24. The number of rotatable bonds is 2. The summed E-state index contributed by atoms with van der Waals surface area (Å²) in [5.74, 6) is 1.52. The Balaban J connectivity index is 2.02. The molecule has 3 aliphatic rings. The summed E-state index contributed by atoms with van der Waals surface area (Å²) in [6, 6.07) is 0. The molecule has 1 fully saturated rings. The molecule has 82 valence electrons. The lowest BCUT2D eigenvalue weighted by atomic mass is 9.49. The van der Waals surface area contributed by atoms with E-state index in [1.165, 1.54) is 18.4 Å². The maximum Gasteiger partial charge on any atom is 0.184 e. The average molecular weight is 223 g/mol. The number of hydrazone groups is 1. The van der Waals surface area contributed by atoms with Crippen LogP contribution < -0.4 is 11.2 Å². The van der Waals surface area contributed by atoms with Crippen LogP contribution in [0.1, 0.15) is 26.7 Å². The minimum atomic E-state index is 0.216. The molecule has 3 aliphatic carbocycles. The number of nitrogens with one attached hydrogen (secondary N) is 1. The van der Waals surface area contributed by atoms with Crippen molar-refractivity contribution in [3.63, 3.8) is 0 Å². The van der Waals surface area contributed by atoms with Crippen molar-refractivity contribution in [3.8, 4) is 0 Å². The highest BCUT2D eigenvalue weighted by Gasteiger charge is 2.50. The van der Waals surface area contributed by atoms with Crippen LogP contribution in [0, 0.1) is 17.3 Å². The van der Waals surface area contributed by atoms with Crippen molar-refractivity contribution in [3.05, 3.63) is 11.6 Å². The number of hydrogen-bond acceptors (Lipinski definition) is 2. The second kappa shape index (κ2) is 3.59. The third-order valence-electron chi connectivity index (χ3n) is 3.90. The van der Waals surface area contributed by atoms with Crippen LogP contribution in [0.15, 0.2) is 16.8 Å². The van der Waals surface area contributed by atoms with Crippen LogP contribution in [0.2, 0.25) is 0 Å². The van der Waals surface area contributed by atoms with E-state index >= 15 is 0 Å². The van der Waals surface area contributed by atoms with Gasteiger partial charge in [-0.25, -0.2) is 0 Å². The van der Waals surface area contributed by atoms with Crippen LogP contribution in [0.3, 0.4) is 0 Å². The minimum Gasteiger partial charge on any atom is -0.375 e. The Labute approximate surface area is 95.8 Å². The molecule has 15 heavy (non-hydrogen) atoms. The summed E-state index contributed by atoms with van der Waals surface area (Å²) in [6.45, 7) is 4.68. The van der Waals surface area contributed by atoms with E-state index in [9.17, 15) is 0 Å². The Kier molecular flexibility index (Phi) is 2.54. The van der Waals surface area contributed by atoms with Gasteiger partial charge >= 0.3 is 0 Å². The van der Waals surface area contributed by atoms with E-state index in [0.717, 1.165) is 5.92 Å². The molecule has 3 rings (SSSR count). The summed E-state index contributed by atoms with van der Waals surface area (Å²) < 4.78 is 0. The fourth-order valence-corrected chi connectivity index (χ4v) is 2.77. The van der Waals surface area contributed by atoms with E-state index in [1.807, 2.05) is 6.21 Å². The van der Waals surface area contributed by atoms with Gasteiger partial charge in [0, 0.05) is 0 Å². The van der Waals surface area contributed by atoms with Gasteiger partial charge in [-0.05, 0) is 47.9 Å². The molecule has 3 N–H and O–H groups in total. The Morgan fingerprint density at radius 2 is 2.47 bits per heavy atom. The van der Waals surface area contributed by atoms with Crippen molar-refractivity contribution in [2.24, 2.45) is 28.1 Å². The predicted molar refractivity (Wildman–Crippen MR) is 66.5 cm³/mol. The van der Waals surface area contributed by atoms with Crippen molar-refractivity contribution in [2.45, 2.75) is 26.7 Å². The second-order valence-corrected chi connectivity index (χ2v) is 5.42. The van der Waals surface area contributed by atoms with Gasteiger partial charge in [0.1, 0.15) is 0 Å². The van der Waals surface area contributed by atoms with Crippen molar-refractivity contribution in [1.82, 2.24) is 5.43 Å². The van der Waals surface area contributed by atoms with E-state index in [4.69, 9.17) is 5.73 Å². The molecule has 0 aromatic carbocycles. The molecule has 2 atom stereocenters. The summed E-state index contributed by atoms with van der Waals surface area (Å²) >= 11 is 4.68. The monoisotopic (exact) mass is 223 g/mol. The third-order valence-corrected chi connectivity index (χ3v) is 3.99. The van der Waals surface area contributed by atoms with Gasteiger partial charge in [-0.2, -0.15) is 5.10 Å². The van der Waals surface area contributed by atoms with Gasteiger partial charge in [-0.1, -0.05) is 19.9 Å². The molecule has 0 spiro atoms. The lowest BCUT2D eigenvalue weighted by Gasteiger charge is -2.55. The Morgan fingerprint density at radius 1 is 1.73 bits per heavy atom. The number of hydrogen-bond donors (Lipinski definition) is 2. The predicted octanol–water partition coefficient (Wildman–Crippen LogP) is 1.80. The molecule has 0 unspecified atom stereocenters. The van der Waals surface area contributed by atoms with Gasteiger partial charge in [0.25, 0.3) is 0 Å². The van der Waals surface area contributed by atoms with Crippen LogP contribution in [-0.4, -0.2) is 11.3 Å². The second-order valence-electron chi connectivity index (χ2n) is 4.98. The fraction of sp³-hybridized carbons (Fsp3) is 0.636. The van der Waals surface area contributed by atoms with Gasteiger partial charge in [-0.3, -0.25) is 5.43 Å². The molecule has 1 saturated carbocycles. The maximum atomic E-state index is 5.29. The molecular formula is C11H17N3S. The van der Waals surface area contributed by atoms with Crippen LogP contribution in [0.25, 0.3) is 0 Å². The number of nitrogens with zero attached hydrogens (tertiary/aromatic N) is 1. The number of nitrogens with two attached hydrogens (primary N) is 1. The van der Waals surface area contributed by atoms with Crippen LogP contribution in [0.4, 0.5) is 0 Å². The van der Waals surface area contributed by atoms with E-state index in [-0.39, 0.29) is 5.11 Å². The smallest absolute Gasteiger partial charge is 0.184 e. The first-order chi connectivity index (χ1) is 7.01. The first kappa shape index (κ1) is 10.6. The number of allylic oxidation sites excluding steroid dienone is 2. The first-order valence-corrected chi connectivity index (χ1v) is 5.71. The lowest BCUT2D eigenvalue weighted by Crippen LogP contribution is -2.48. The molecule has 2 bridgehead atoms. The normalized spacial score (nSPS) is 32.0. The molecule has 0 radical (unpaired) electrons. The van der Waals surface area contributed by atoms with E-state index in [2.05, 4.69) is 42.7 Å². The summed E-state index contributed by atoms with van der Waals surface area (Å²) in [6.07, 6.45) is 6.63. The third kappa shape index (κ3) is 1.78. The number of thiocarbonyl (C=S) groups is 1. The largest absolute Gasteiger partial charge is 0.375 e. The molecule has 3 nitrogen and oxygen atoms in total. The van der Waals surface area contributed by atoms with E-state index in [1.54, 1.807) is 0 Å². The van der Waals surface area contributed by atoms with Crippen molar-refractivity contribution >= 4 is 23.5 Å². The van der Waals surface area contributed by atoms with Crippen molar-refractivity contribution < 1.29 is 0 Å². The lowest BCUT2D eigenvalue weighted by molar-refractivity contribution is -0.00126. The zero-order chi connectivity index (χ0) is 11.1. The topological polar surface area (TPSA) is 50.4 Å². The minimum absolute atomic E-state index is 0.216. The quantitative estimate of drug-likeness (QED) is 0.426. The standard InChI is InChI=1S/C11H17N3S/c1-11(2)8-4-3-7(9(11)5-8)6-13-14-10(12)15/h3,6,8-9H,4-5H2,1-2H3,(H3,12,14,15)/b13-6-/t8-,9-/m1/s1. The highest BCUT2D eigenvalue weighted by atomic mass is 32.1. The molecule has 0 saturated heterocycles. The Bertz CT molecular complexity index is 344. The Morgan fingerprint density at radius 3 is 3.00 bits per heavy atom. The van der Waals surface area contributed by atoms with Gasteiger partial charge in [0.15, 0.2) is 5.11 Å². The Hall–Kier alpha value is -0.900. The van der Waals surface area contributed by atoms with Gasteiger partial charge in [0.05, 0.1) is 6.21 Å². The molecule has 0 aliphatic heterocycles. The molecule has 0 amide bonds. The van der Waals surface area contributed by atoms with Crippen molar-refractivity contribution in [2.75, 3.05) is 0 Å². The first-order valence-electron chi connectivity index (χ1n) is 5.30. The summed E-state index contributed by atoms with van der Waals surface area (Å²) in [7, 11) is 0. The molecular weight excluding hydrogens is 206 g/mol. The van der Waals surface area contributed by atoms with E-state index in [0.29, 0.717) is 11.3 Å². The van der Waals surface area contributed by atoms with Crippen LogP contribution in [0.5, 0.6) is 0 Å².